The maximum Gasteiger partial charge on any atom is 0.251 e. The van der Waals surface area contributed by atoms with Crippen LogP contribution in [-0.4, -0.2) is 49.0 Å². The predicted molar refractivity (Wildman–Crippen MR) is 90.8 cm³/mol. The summed E-state index contributed by atoms with van der Waals surface area (Å²) in [5.41, 5.74) is 2.73. The van der Waals surface area contributed by atoms with Gasteiger partial charge in [-0.1, -0.05) is 6.07 Å². The van der Waals surface area contributed by atoms with Crippen LogP contribution in [0.4, 0.5) is 14.5 Å². The third kappa shape index (κ3) is 4.66. The molecule has 0 radical (unpaired) electrons. The molecule has 0 bridgehead atoms. The number of nitrogens with one attached hydrogen (secondary N) is 2. The van der Waals surface area contributed by atoms with Gasteiger partial charge in [-0.05, 0) is 50.3 Å². The van der Waals surface area contributed by atoms with Gasteiger partial charge in [0.15, 0.2) is 0 Å². The summed E-state index contributed by atoms with van der Waals surface area (Å²) in [4.78, 5) is 14.0. The summed E-state index contributed by atoms with van der Waals surface area (Å²) in [5.74, 6) is -0.0210. The number of benzene rings is 1. The summed E-state index contributed by atoms with van der Waals surface area (Å²) in [6, 6.07) is 6.31. The van der Waals surface area contributed by atoms with Gasteiger partial charge in [0, 0.05) is 36.4 Å². The van der Waals surface area contributed by atoms with Gasteiger partial charge in [-0.3, -0.25) is 9.69 Å². The minimum absolute atomic E-state index is 0.0210. The number of nitrogens with zero attached hydrogens (tertiary/aromatic N) is 1. The number of alkyl halides is 2. The number of rotatable bonds is 6. The molecule has 2 fully saturated rings. The predicted octanol–water partition coefficient (Wildman–Crippen LogP) is 3.03. The van der Waals surface area contributed by atoms with Crippen LogP contribution >= 0.6 is 0 Å². The summed E-state index contributed by atoms with van der Waals surface area (Å²) in [6.07, 6.45) is 1.55. The summed E-state index contributed by atoms with van der Waals surface area (Å²) >= 11 is 0. The third-order valence-corrected chi connectivity index (χ3v) is 4.76. The largest absolute Gasteiger partial charge is 0.382 e. The maximum absolute atomic E-state index is 12.4. The zero-order chi connectivity index (χ0) is 17.1. The normalized spacial score (nSPS) is 19.5. The SMILES string of the molecule is Cc1ccc(C(=O)NC2CC2)cc1NC1CCN(CC(F)F)CC1. The van der Waals surface area contributed by atoms with Crippen LogP contribution in [0.5, 0.6) is 0 Å². The molecule has 2 aliphatic rings. The average molecular weight is 337 g/mol. The molecule has 6 heteroatoms. The van der Waals surface area contributed by atoms with E-state index in [1.54, 1.807) is 0 Å². The van der Waals surface area contributed by atoms with E-state index in [1.165, 1.54) is 0 Å². The first-order chi connectivity index (χ1) is 11.5. The molecule has 2 N–H and O–H groups in total. The van der Waals surface area contributed by atoms with E-state index in [0.717, 1.165) is 36.9 Å². The van der Waals surface area contributed by atoms with Gasteiger partial charge in [-0.25, -0.2) is 8.78 Å². The average Bonchev–Trinajstić information content (AvgIpc) is 3.34. The smallest absolute Gasteiger partial charge is 0.251 e. The molecule has 1 aromatic rings. The number of anilines is 1. The highest BCUT2D eigenvalue weighted by Crippen LogP contribution is 2.23. The minimum atomic E-state index is -2.27. The summed E-state index contributed by atoms with van der Waals surface area (Å²) in [5, 5.41) is 6.49. The Hall–Kier alpha value is -1.69. The molecular weight excluding hydrogens is 312 g/mol. The second-order valence-electron chi connectivity index (χ2n) is 6.89. The molecule has 24 heavy (non-hydrogen) atoms. The van der Waals surface area contributed by atoms with E-state index < -0.39 is 6.43 Å². The number of amides is 1. The van der Waals surface area contributed by atoms with Gasteiger partial charge in [-0.2, -0.15) is 0 Å². The van der Waals surface area contributed by atoms with Crippen molar-refractivity contribution in [2.45, 2.75) is 51.1 Å². The van der Waals surface area contributed by atoms with E-state index in [-0.39, 0.29) is 18.5 Å². The first-order valence-electron chi connectivity index (χ1n) is 8.70. The number of hydrogen-bond donors (Lipinski definition) is 2. The third-order valence-electron chi connectivity index (χ3n) is 4.76. The van der Waals surface area contributed by atoms with E-state index in [2.05, 4.69) is 10.6 Å². The van der Waals surface area contributed by atoms with Crippen molar-refractivity contribution < 1.29 is 13.6 Å². The second-order valence-corrected chi connectivity index (χ2v) is 6.89. The lowest BCUT2D eigenvalue weighted by Crippen LogP contribution is -2.41. The molecule has 4 nitrogen and oxygen atoms in total. The molecule has 132 valence electrons. The van der Waals surface area contributed by atoms with Crippen LogP contribution < -0.4 is 10.6 Å². The standard InChI is InChI=1S/C18H25F2N3O/c1-12-2-3-13(18(24)22-14-4-5-14)10-16(12)21-15-6-8-23(9-7-15)11-17(19)20/h2-3,10,14-15,17,21H,4-9,11H2,1H3,(H,22,24). The lowest BCUT2D eigenvalue weighted by atomic mass is 10.0. The number of aryl methyl sites for hydroxylation is 1. The Kier molecular flexibility index (Phi) is 5.33. The molecule has 0 unspecified atom stereocenters. The zero-order valence-electron chi connectivity index (χ0n) is 14.0. The number of halogens is 2. The van der Waals surface area contributed by atoms with Crippen molar-refractivity contribution in [2.75, 3.05) is 25.0 Å². The Morgan fingerprint density at radius 3 is 2.54 bits per heavy atom. The molecule has 0 atom stereocenters. The Balaban J connectivity index is 1.57. The minimum Gasteiger partial charge on any atom is -0.382 e. The van der Waals surface area contributed by atoms with Crippen LogP contribution in [0.15, 0.2) is 18.2 Å². The van der Waals surface area contributed by atoms with E-state index >= 15 is 0 Å². The van der Waals surface area contributed by atoms with Crippen molar-refractivity contribution in [3.8, 4) is 0 Å². The fraction of sp³-hybridized carbons (Fsp3) is 0.611. The molecule has 1 saturated carbocycles. The molecule has 1 aliphatic heterocycles. The van der Waals surface area contributed by atoms with E-state index in [1.807, 2.05) is 30.0 Å². The first kappa shape index (κ1) is 17.1. The fourth-order valence-electron chi connectivity index (χ4n) is 3.09. The fourth-order valence-corrected chi connectivity index (χ4v) is 3.09. The van der Waals surface area contributed by atoms with Crippen LogP contribution in [0, 0.1) is 6.92 Å². The Morgan fingerprint density at radius 2 is 1.92 bits per heavy atom. The van der Waals surface area contributed by atoms with E-state index in [4.69, 9.17) is 0 Å². The highest BCUT2D eigenvalue weighted by atomic mass is 19.3. The first-order valence-corrected chi connectivity index (χ1v) is 8.70. The van der Waals surface area contributed by atoms with Gasteiger partial charge in [0.25, 0.3) is 12.3 Å². The van der Waals surface area contributed by atoms with Crippen LogP contribution in [0.25, 0.3) is 0 Å². The molecule has 0 aromatic heterocycles. The summed E-state index contributed by atoms with van der Waals surface area (Å²) in [7, 11) is 0. The van der Waals surface area contributed by atoms with Crippen molar-refractivity contribution in [2.24, 2.45) is 0 Å². The number of piperidine rings is 1. The van der Waals surface area contributed by atoms with Crippen molar-refractivity contribution in [3.63, 3.8) is 0 Å². The molecule has 3 rings (SSSR count). The van der Waals surface area contributed by atoms with Gasteiger partial charge in [-0.15, -0.1) is 0 Å². The highest BCUT2D eigenvalue weighted by molar-refractivity contribution is 5.95. The number of hydrogen-bond acceptors (Lipinski definition) is 3. The van der Waals surface area contributed by atoms with Crippen LogP contribution in [-0.2, 0) is 0 Å². The maximum atomic E-state index is 12.4. The van der Waals surface area contributed by atoms with Gasteiger partial charge in [0.05, 0.1) is 6.54 Å². The Morgan fingerprint density at radius 1 is 1.21 bits per heavy atom. The summed E-state index contributed by atoms with van der Waals surface area (Å²) < 4.78 is 24.9. The molecular formula is C18H25F2N3O. The molecule has 1 saturated heterocycles. The van der Waals surface area contributed by atoms with Crippen molar-refractivity contribution >= 4 is 11.6 Å². The summed E-state index contributed by atoms with van der Waals surface area (Å²) in [6.45, 7) is 3.24. The van der Waals surface area contributed by atoms with Crippen LogP contribution in [0.1, 0.15) is 41.6 Å². The number of carbonyl (C=O) groups excluding carboxylic acids is 1. The Labute approximate surface area is 141 Å². The van der Waals surface area contributed by atoms with Gasteiger partial charge in [0.1, 0.15) is 0 Å². The molecule has 0 spiro atoms. The van der Waals surface area contributed by atoms with Gasteiger partial charge < -0.3 is 10.6 Å². The zero-order valence-corrected chi connectivity index (χ0v) is 14.0. The molecule has 1 aromatic carbocycles. The number of likely N-dealkylation sites (tertiary alicyclic amines) is 1. The number of carbonyl (C=O) groups is 1. The lowest BCUT2D eigenvalue weighted by Gasteiger charge is -2.33. The molecule has 1 aliphatic carbocycles. The molecule has 1 amide bonds. The van der Waals surface area contributed by atoms with Crippen LogP contribution in [0.3, 0.4) is 0 Å². The topological polar surface area (TPSA) is 44.4 Å². The molecule has 1 heterocycles. The van der Waals surface area contributed by atoms with Crippen molar-refractivity contribution in [1.82, 2.24) is 10.2 Å². The lowest BCUT2D eigenvalue weighted by molar-refractivity contribution is 0.0769. The quantitative estimate of drug-likeness (QED) is 0.839. The van der Waals surface area contributed by atoms with Gasteiger partial charge in [0.2, 0.25) is 0 Å². The van der Waals surface area contributed by atoms with Crippen molar-refractivity contribution in [3.05, 3.63) is 29.3 Å². The van der Waals surface area contributed by atoms with Crippen LogP contribution in [0.2, 0.25) is 0 Å². The monoisotopic (exact) mass is 337 g/mol. The second kappa shape index (κ2) is 7.47. The van der Waals surface area contributed by atoms with Crippen molar-refractivity contribution in [1.29, 1.82) is 0 Å². The highest BCUT2D eigenvalue weighted by Gasteiger charge is 2.25. The van der Waals surface area contributed by atoms with E-state index in [0.29, 0.717) is 24.7 Å². The Bertz CT molecular complexity index is 582. The van der Waals surface area contributed by atoms with E-state index in [9.17, 15) is 13.6 Å². The van der Waals surface area contributed by atoms with Gasteiger partial charge >= 0.3 is 0 Å².